The van der Waals surface area contributed by atoms with Crippen molar-refractivity contribution in [1.82, 2.24) is 0 Å². The molecule has 2 atom stereocenters. The van der Waals surface area contributed by atoms with Crippen molar-refractivity contribution in [1.29, 1.82) is 0 Å². The summed E-state index contributed by atoms with van der Waals surface area (Å²) in [6.45, 7) is 3.75. The van der Waals surface area contributed by atoms with Crippen LogP contribution in [0.15, 0.2) is 126 Å². The van der Waals surface area contributed by atoms with Crippen molar-refractivity contribution in [2.75, 3.05) is 0 Å². The molecule has 0 saturated carbocycles. The zero-order chi connectivity index (χ0) is 28.2. The van der Waals surface area contributed by atoms with Gasteiger partial charge in [0.05, 0.1) is 22.7 Å². The normalized spacial score (nSPS) is 12.6. The average molecular weight is 537 g/mol. The smallest absolute Gasteiger partial charge is 0.335 e. The van der Waals surface area contributed by atoms with E-state index in [2.05, 4.69) is 0 Å². The Bertz CT molecular complexity index is 1300. The Morgan fingerprint density at radius 2 is 0.947 bits per heavy atom. The molecule has 2 unspecified atom stereocenters. The van der Waals surface area contributed by atoms with Gasteiger partial charge in [0.15, 0.2) is 0 Å². The van der Waals surface area contributed by atoms with Gasteiger partial charge in [-0.1, -0.05) is 111 Å². The minimum absolute atomic E-state index is 0.0741. The van der Waals surface area contributed by atoms with Crippen LogP contribution in [0.25, 0.3) is 0 Å². The van der Waals surface area contributed by atoms with Crippen LogP contribution >= 0.6 is 0 Å². The van der Waals surface area contributed by atoms with E-state index >= 15 is 0 Å². The van der Waals surface area contributed by atoms with Gasteiger partial charge in [-0.05, 0) is 35.4 Å². The lowest BCUT2D eigenvalue weighted by Crippen LogP contribution is -2.29. The number of hydrogen-bond donors (Lipinski definition) is 4. The summed E-state index contributed by atoms with van der Waals surface area (Å²) in [5, 5.41) is 29.4. The van der Waals surface area contributed by atoms with Crippen LogP contribution in [0, 0.1) is 5.41 Å². The molecule has 0 aliphatic heterocycles. The second-order valence-electron chi connectivity index (χ2n) is 8.91. The van der Waals surface area contributed by atoms with Crippen molar-refractivity contribution in [2.24, 2.45) is 5.41 Å². The molecule has 4 aromatic rings. The van der Waals surface area contributed by atoms with Crippen LogP contribution in [0.1, 0.15) is 47.5 Å². The Balaban J connectivity index is 0.000000224. The Labute approximate surface area is 223 Å². The number of rotatable bonds is 6. The first-order valence-electron chi connectivity index (χ1n) is 11.7. The number of aliphatic hydroxyl groups excluding tert-OH is 2. The Kier molecular flexibility index (Phi) is 11.4. The van der Waals surface area contributed by atoms with Gasteiger partial charge in [0.1, 0.15) is 0 Å². The third-order valence-electron chi connectivity index (χ3n) is 5.70. The number of hydrogen-bond acceptors (Lipinski definition) is 5. The second-order valence-corrected chi connectivity index (χ2v) is 10.3. The molecule has 4 N–H and O–H groups in total. The minimum atomic E-state index is -4.00. The Hall–Kier alpha value is -3.82. The monoisotopic (exact) mass is 536 g/mol. The first-order chi connectivity index (χ1) is 17.9. The summed E-state index contributed by atoms with van der Waals surface area (Å²) in [5.41, 5.74) is 1.31. The van der Waals surface area contributed by atoms with Crippen LogP contribution in [0.4, 0.5) is 0 Å². The van der Waals surface area contributed by atoms with Crippen LogP contribution in [0.5, 0.6) is 0 Å². The lowest BCUT2D eigenvalue weighted by Gasteiger charge is -2.35. The zero-order valence-electron chi connectivity index (χ0n) is 21.1. The van der Waals surface area contributed by atoms with Gasteiger partial charge in [-0.25, -0.2) is 4.79 Å². The fourth-order valence-corrected chi connectivity index (χ4v) is 3.95. The first kappa shape index (κ1) is 30.4. The standard InChI is InChI=1S/C17H20O2.C7H6O2.C6H6O3S/c1-17(2,15(18)13-9-5-3-6-10-13)16(19)14-11-7-4-8-12-14;8-7(9)6-4-2-1-3-5-6;7-10(8,9)6-4-2-1-3-5-6/h3-12,15-16,18-19H,1-2H3;1-5H,(H,8,9);1-5H,(H,7,8,9). The number of carboxylic acids is 1. The highest BCUT2D eigenvalue weighted by molar-refractivity contribution is 7.85. The Morgan fingerprint density at radius 1 is 0.632 bits per heavy atom. The summed E-state index contributed by atoms with van der Waals surface area (Å²) in [4.78, 5) is 10.1. The summed E-state index contributed by atoms with van der Waals surface area (Å²) in [5.74, 6) is -0.879. The van der Waals surface area contributed by atoms with Gasteiger partial charge in [0.25, 0.3) is 10.1 Å². The Morgan fingerprint density at radius 3 is 1.21 bits per heavy atom. The van der Waals surface area contributed by atoms with Crippen molar-refractivity contribution in [3.63, 3.8) is 0 Å². The molecule has 0 aromatic heterocycles. The molecule has 200 valence electrons. The summed E-state index contributed by atoms with van der Waals surface area (Å²) < 4.78 is 29.2. The number of aliphatic hydroxyl groups is 2. The molecule has 38 heavy (non-hydrogen) atoms. The number of aromatic carboxylic acids is 1. The molecule has 4 rings (SSSR count). The molecule has 0 amide bonds. The third-order valence-corrected chi connectivity index (χ3v) is 6.57. The lowest BCUT2D eigenvalue weighted by atomic mass is 9.75. The van der Waals surface area contributed by atoms with E-state index in [-0.39, 0.29) is 4.90 Å². The van der Waals surface area contributed by atoms with Crippen molar-refractivity contribution in [2.45, 2.75) is 31.0 Å². The maximum Gasteiger partial charge on any atom is 0.335 e. The number of benzene rings is 4. The summed E-state index contributed by atoms with van der Waals surface area (Å²) in [6, 6.07) is 34.6. The quantitative estimate of drug-likeness (QED) is 0.229. The van der Waals surface area contributed by atoms with Gasteiger partial charge in [-0.15, -0.1) is 0 Å². The maximum atomic E-state index is 10.5. The summed E-state index contributed by atoms with van der Waals surface area (Å²) in [6.07, 6.45) is -1.44. The molecular weight excluding hydrogens is 504 g/mol. The molecule has 0 heterocycles. The van der Waals surface area contributed by atoms with E-state index < -0.39 is 33.7 Å². The highest BCUT2D eigenvalue weighted by Crippen LogP contribution is 2.43. The predicted molar refractivity (Wildman–Crippen MR) is 146 cm³/mol. The van der Waals surface area contributed by atoms with Gasteiger partial charge in [0, 0.05) is 5.41 Å². The van der Waals surface area contributed by atoms with E-state index in [1.165, 1.54) is 12.1 Å². The van der Waals surface area contributed by atoms with Crippen LogP contribution in [-0.4, -0.2) is 34.3 Å². The highest BCUT2D eigenvalue weighted by atomic mass is 32.2. The highest BCUT2D eigenvalue weighted by Gasteiger charge is 2.37. The van der Waals surface area contributed by atoms with Crippen LogP contribution in [0.2, 0.25) is 0 Å². The third kappa shape index (κ3) is 9.24. The van der Waals surface area contributed by atoms with E-state index in [0.29, 0.717) is 5.56 Å². The molecule has 0 saturated heterocycles. The zero-order valence-corrected chi connectivity index (χ0v) is 21.9. The molecule has 0 fully saturated rings. The summed E-state index contributed by atoms with van der Waals surface area (Å²) >= 11 is 0. The molecule has 0 aliphatic rings. The topological polar surface area (TPSA) is 132 Å². The molecule has 0 radical (unpaired) electrons. The molecule has 0 spiro atoms. The largest absolute Gasteiger partial charge is 0.478 e. The van der Waals surface area contributed by atoms with Crippen LogP contribution in [-0.2, 0) is 10.1 Å². The predicted octanol–water partition coefficient (Wildman–Crippen LogP) is 5.80. The lowest BCUT2D eigenvalue weighted by molar-refractivity contribution is -0.0512. The molecule has 0 bridgehead atoms. The molecule has 0 aliphatic carbocycles. The molecule has 8 heteroatoms. The average Bonchev–Trinajstić information content (AvgIpc) is 2.94. The minimum Gasteiger partial charge on any atom is -0.478 e. The van der Waals surface area contributed by atoms with Gasteiger partial charge < -0.3 is 15.3 Å². The van der Waals surface area contributed by atoms with E-state index in [4.69, 9.17) is 9.66 Å². The molecule has 4 aromatic carbocycles. The fourth-order valence-electron chi connectivity index (χ4n) is 3.45. The fraction of sp³-hybridized carbons (Fsp3) is 0.167. The van der Waals surface area contributed by atoms with Gasteiger partial charge in [-0.2, -0.15) is 8.42 Å². The van der Waals surface area contributed by atoms with Crippen molar-refractivity contribution < 1.29 is 33.1 Å². The van der Waals surface area contributed by atoms with Crippen LogP contribution < -0.4 is 0 Å². The molecular formula is C30H32O7S. The second kappa shape index (κ2) is 14.2. The van der Waals surface area contributed by atoms with Crippen LogP contribution in [0.3, 0.4) is 0 Å². The van der Waals surface area contributed by atoms with E-state index in [1.54, 1.807) is 48.5 Å². The molecule has 7 nitrogen and oxygen atoms in total. The van der Waals surface area contributed by atoms with Gasteiger partial charge >= 0.3 is 5.97 Å². The first-order valence-corrected chi connectivity index (χ1v) is 13.2. The van der Waals surface area contributed by atoms with Crippen molar-refractivity contribution in [3.8, 4) is 0 Å². The number of carboxylic acid groups (broad SMARTS) is 1. The van der Waals surface area contributed by atoms with E-state index in [0.717, 1.165) is 11.1 Å². The van der Waals surface area contributed by atoms with Gasteiger partial charge in [-0.3, -0.25) is 4.55 Å². The van der Waals surface area contributed by atoms with Crippen molar-refractivity contribution >= 4 is 16.1 Å². The number of carbonyl (C=O) groups is 1. The van der Waals surface area contributed by atoms with Gasteiger partial charge in [0.2, 0.25) is 0 Å². The maximum absolute atomic E-state index is 10.5. The SMILES string of the molecule is CC(C)(C(O)c1ccccc1)C(O)c1ccccc1.O=C(O)c1ccccc1.O=S(=O)(O)c1ccccc1. The van der Waals surface area contributed by atoms with Crippen molar-refractivity contribution in [3.05, 3.63) is 138 Å². The van der Waals surface area contributed by atoms with E-state index in [9.17, 15) is 23.4 Å². The van der Waals surface area contributed by atoms with E-state index in [1.807, 2.05) is 74.5 Å². The summed E-state index contributed by atoms with van der Waals surface area (Å²) in [7, 11) is -4.00.